The summed E-state index contributed by atoms with van der Waals surface area (Å²) in [6, 6.07) is 2.40. The second kappa shape index (κ2) is 6.86. The molecule has 0 aliphatic carbocycles. The zero-order chi connectivity index (χ0) is 12.0. The number of aliphatic hydroxyl groups is 1. The molecule has 0 saturated heterocycles. The number of aromatic nitrogens is 1. The average molecular weight is 287 g/mol. The number of nitrogens with zero attached hydrogens (tertiary/aromatic N) is 1. The molecule has 1 heterocycles. The van der Waals surface area contributed by atoms with E-state index in [1.807, 2.05) is 12.3 Å². The van der Waals surface area contributed by atoms with Crippen molar-refractivity contribution in [2.75, 3.05) is 11.9 Å². The van der Waals surface area contributed by atoms with Crippen molar-refractivity contribution in [2.45, 2.75) is 32.7 Å². The molecule has 0 bridgehead atoms. The lowest BCUT2D eigenvalue weighted by molar-refractivity contribution is 0.224. The van der Waals surface area contributed by atoms with Crippen LogP contribution in [0.4, 0.5) is 5.69 Å². The van der Waals surface area contributed by atoms with Crippen molar-refractivity contribution in [2.24, 2.45) is 5.92 Å². The smallest absolute Gasteiger partial charge is 0.0540 e. The van der Waals surface area contributed by atoms with Gasteiger partial charge in [0.25, 0.3) is 0 Å². The number of halogens is 1. The van der Waals surface area contributed by atoms with E-state index >= 15 is 0 Å². The van der Waals surface area contributed by atoms with E-state index in [-0.39, 0.29) is 6.61 Å². The van der Waals surface area contributed by atoms with Crippen molar-refractivity contribution in [3.8, 4) is 0 Å². The van der Waals surface area contributed by atoms with Crippen molar-refractivity contribution in [1.82, 2.24) is 4.98 Å². The Labute approximate surface area is 105 Å². The Morgan fingerprint density at radius 2 is 2.25 bits per heavy atom. The van der Waals surface area contributed by atoms with Gasteiger partial charge in [-0.2, -0.15) is 0 Å². The SMILES string of the molecule is CC[C@H](C[C@@H](C)CO)Nc1cncc(Br)c1. The predicted molar refractivity (Wildman–Crippen MR) is 70.5 cm³/mol. The highest BCUT2D eigenvalue weighted by Gasteiger charge is 2.10. The molecule has 0 aliphatic heterocycles. The zero-order valence-electron chi connectivity index (χ0n) is 9.78. The minimum Gasteiger partial charge on any atom is -0.396 e. The highest BCUT2D eigenvalue weighted by Crippen LogP contribution is 2.18. The summed E-state index contributed by atoms with van der Waals surface area (Å²) in [6.45, 7) is 4.45. The lowest BCUT2D eigenvalue weighted by Gasteiger charge is -2.20. The fourth-order valence-corrected chi connectivity index (χ4v) is 1.98. The third-order valence-electron chi connectivity index (χ3n) is 2.57. The lowest BCUT2D eigenvalue weighted by Crippen LogP contribution is -2.22. The topological polar surface area (TPSA) is 45.1 Å². The summed E-state index contributed by atoms with van der Waals surface area (Å²) in [7, 11) is 0. The molecule has 0 amide bonds. The van der Waals surface area contributed by atoms with Gasteiger partial charge in [0.2, 0.25) is 0 Å². The Bertz CT molecular complexity index is 320. The third-order valence-corrected chi connectivity index (χ3v) is 3.00. The van der Waals surface area contributed by atoms with Gasteiger partial charge in [0, 0.05) is 23.3 Å². The Morgan fingerprint density at radius 1 is 1.50 bits per heavy atom. The van der Waals surface area contributed by atoms with Crippen LogP contribution in [0.5, 0.6) is 0 Å². The third kappa shape index (κ3) is 4.49. The maximum absolute atomic E-state index is 9.04. The first kappa shape index (κ1) is 13.5. The van der Waals surface area contributed by atoms with Crippen LogP contribution in [0, 0.1) is 5.92 Å². The standard InChI is InChI=1S/C12H19BrN2O/c1-3-11(4-9(2)8-16)15-12-5-10(13)6-14-7-12/h5-7,9,11,15-16H,3-4,8H2,1-2H3/t9-,11-/m1/s1. The number of anilines is 1. The second-order valence-corrected chi connectivity index (χ2v) is 5.08. The van der Waals surface area contributed by atoms with Crippen molar-refractivity contribution in [3.05, 3.63) is 22.9 Å². The molecule has 1 rings (SSSR count). The fourth-order valence-electron chi connectivity index (χ4n) is 1.61. The monoisotopic (exact) mass is 286 g/mol. The van der Waals surface area contributed by atoms with Crippen LogP contribution < -0.4 is 5.32 Å². The number of hydrogen-bond donors (Lipinski definition) is 2. The summed E-state index contributed by atoms with van der Waals surface area (Å²) < 4.78 is 0.975. The summed E-state index contributed by atoms with van der Waals surface area (Å²) in [5, 5.41) is 12.5. The molecule has 3 nitrogen and oxygen atoms in total. The summed E-state index contributed by atoms with van der Waals surface area (Å²) in [5.74, 6) is 0.331. The Balaban J connectivity index is 2.56. The zero-order valence-corrected chi connectivity index (χ0v) is 11.4. The van der Waals surface area contributed by atoms with Crippen molar-refractivity contribution in [3.63, 3.8) is 0 Å². The van der Waals surface area contributed by atoms with Crippen molar-refractivity contribution in [1.29, 1.82) is 0 Å². The quantitative estimate of drug-likeness (QED) is 0.845. The number of rotatable bonds is 6. The van der Waals surface area contributed by atoms with Gasteiger partial charge in [-0.25, -0.2) is 0 Å². The van der Waals surface area contributed by atoms with Crippen LogP contribution in [0.1, 0.15) is 26.7 Å². The molecule has 0 aliphatic rings. The molecule has 16 heavy (non-hydrogen) atoms. The highest BCUT2D eigenvalue weighted by molar-refractivity contribution is 9.10. The molecule has 1 aromatic rings. The Morgan fingerprint density at radius 3 is 2.81 bits per heavy atom. The van der Waals surface area contributed by atoms with Gasteiger partial charge in [0.1, 0.15) is 0 Å². The van der Waals surface area contributed by atoms with Crippen LogP contribution in [0.3, 0.4) is 0 Å². The second-order valence-electron chi connectivity index (χ2n) is 4.16. The first-order valence-corrected chi connectivity index (χ1v) is 6.43. The van der Waals surface area contributed by atoms with E-state index in [1.165, 1.54) is 0 Å². The maximum atomic E-state index is 9.04. The molecule has 0 fully saturated rings. The fraction of sp³-hybridized carbons (Fsp3) is 0.583. The molecule has 0 saturated carbocycles. The van der Waals surface area contributed by atoms with E-state index in [0.29, 0.717) is 12.0 Å². The van der Waals surface area contributed by atoms with E-state index in [2.05, 4.69) is 40.1 Å². The molecule has 90 valence electrons. The van der Waals surface area contributed by atoms with Gasteiger partial charge in [0.15, 0.2) is 0 Å². The Hall–Kier alpha value is -0.610. The summed E-state index contributed by atoms with van der Waals surface area (Å²) in [5.41, 5.74) is 1.02. The van der Waals surface area contributed by atoms with Gasteiger partial charge in [-0.05, 0) is 40.8 Å². The first-order chi connectivity index (χ1) is 7.65. The summed E-state index contributed by atoms with van der Waals surface area (Å²) >= 11 is 3.40. The molecule has 2 N–H and O–H groups in total. The molecular formula is C12H19BrN2O. The van der Waals surface area contributed by atoms with Gasteiger partial charge in [0.05, 0.1) is 11.9 Å². The molecule has 0 aromatic carbocycles. The minimum absolute atomic E-state index is 0.245. The number of hydrogen-bond acceptors (Lipinski definition) is 3. The van der Waals surface area contributed by atoms with Gasteiger partial charge in [-0.15, -0.1) is 0 Å². The predicted octanol–water partition coefficient (Wildman–Crippen LogP) is 3.05. The molecular weight excluding hydrogens is 268 g/mol. The van der Waals surface area contributed by atoms with Gasteiger partial charge >= 0.3 is 0 Å². The van der Waals surface area contributed by atoms with Gasteiger partial charge in [-0.3, -0.25) is 4.98 Å². The van der Waals surface area contributed by atoms with Crippen LogP contribution in [0.15, 0.2) is 22.9 Å². The van der Waals surface area contributed by atoms with Crippen LogP contribution in [-0.4, -0.2) is 22.7 Å². The molecule has 0 radical (unpaired) electrons. The Kier molecular flexibility index (Phi) is 5.77. The number of nitrogens with one attached hydrogen (secondary N) is 1. The van der Waals surface area contributed by atoms with Crippen LogP contribution in [0.25, 0.3) is 0 Å². The lowest BCUT2D eigenvalue weighted by atomic mass is 10.0. The molecule has 4 heteroatoms. The van der Waals surface area contributed by atoms with Crippen molar-refractivity contribution < 1.29 is 5.11 Å². The van der Waals surface area contributed by atoms with E-state index in [1.54, 1.807) is 6.20 Å². The van der Waals surface area contributed by atoms with E-state index < -0.39 is 0 Å². The van der Waals surface area contributed by atoms with Gasteiger partial charge in [-0.1, -0.05) is 13.8 Å². The van der Waals surface area contributed by atoms with E-state index in [4.69, 9.17) is 5.11 Å². The summed E-state index contributed by atoms with van der Waals surface area (Å²) in [6.07, 6.45) is 5.59. The first-order valence-electron chi connectivity index (χ1n) is 5.63. The molecule has 2 atom stereocenters. The number of aliphatic hydroxyl groups excluding tert-OH is 1. The normalized spacial score (nSPS) is 14.5. The minimum atomic E-state index is 0.245. The van der Waals surface area contributed by atoms with E-state index in [9.17, 15) is 0 Å². The van der Waals surface area contributed by atoms with Crippen molar-refractivity contribution >= 4 is 21.6 Å². The highest BCUT2D eigenvalue weighted by atomic mass is 79.9. The van der Waals surface area contributed by atoms with Crippen LogP contribution in [-0.2, 0) is 0 Å². The molecule has 1 aromatic heterocycles. The van der Waals surface area contributed by atoms with Crippen LogP contribution in [0.2, 0.25) is 0 Å². The molecule has 0 spiro atoms. The van der Waals surface area contributed by atoms with Gasteiger partial charge < -0.3 is 10.4 Å². The molecule has 0 unspecified atom stereocenters. The number of pyridine rings is 1. The van der Waals surface area contributed by atoms with E-state index in [0.717, 1.165) is 23.0 Å². The largest absolute Gasteiger partial charge is 0.396 e. The maximum Gasteiger partial charge on any atom is 0.0540 e. The average Bonchev–Trinajstić information content (AvgIpc) is 2.28. The van der Waals surface area contributed by atoms with Crippen LogP contribution >= 0.6 is 15.9 Å². The summed E-state index contributed by atoms with van der Waals surface area (Å²) in [4.78, 5) is 4.11.